The van der Waals surface area contributed by atoms with Crippen molar-refractivity contribution < 1.29 is 9.18 Å². The van der Waals surface area contributed by atoms with Crippen LogP contribution in [0.1, 0.15) is 28.9 Å². The van der Waals surface area contributed by atoms with Crippen LogP contribution >= 0.6 is 15.9 Å². The minimum atomic E-state index is -0.513. The van der Waals surface area contributed by atoms with Gasteiger partial charge in [-0.1, -0.05) is 40.2 Å². The molecule has 19 heavy (non-hydrogen) atoms. The van der Waals surface area contributed by atoms with Crippen molar-refractivity contribution in [2.45, 2.75) is 13.0 Å². The third-order valence-electron chi connectivity index (χ3n) is 2.81. The quantitative estimate of drug-likeness (QED) is 0.906. The lowest BCUT2D eigenvalue weighted by Crippen LogP contribution is -2.27. The molecule has 2 rings (SSSR count). The zero-order chi connectivity index (χ0) is 13.8. The largest absolute Gasteiger partial charge is 0.345 e. The number of hydrogen-bond donors (Lipinski definition) is 1. The van der Waals surface area contributed by atoms with Gasteiger partial charge < -0.3 is 5.32 Å². The van der Waals surface area contributed by atoms with Gasteiger partial charge in [0.15, 0.2) is 0 Å². The topological polar surface area (TPSA) is 29.1 Å². The molecule has 0 aliphatic rings. The Morgan fingerprint density at radius 2 is 1.95 bits per heavy atom. The van der Waals surface area contributed by atoms with Gasteiger partial charge in [-0.2, -0.15) is 0 Å². The highest BCUT2D eigenvalue weighted by molar-refractivity contribution is 9.10. The van der Waals surface area contributed by atoms with E-state index in [4.69, 9.17) is 0 Å². The monoisotopic (exact) mass is 321 g/mol. The summed E-state index contributed by atoms with van der Waals surface area (Å²) in [5.41, 5.74) is 1.02. The number of carbonyl (C=O) groups excluding carboxylic acids is 1. The molecule has 0 heterocycles. The maximum Gasteiger partial charge on any atom is 0.254 e. The van der Waals surface area contributed by atoms with E-state index in [0.717, 1.165) is 10.0 Å². The molecule has 0 bridgehead atoms. The first-order valence-corrected chi connectivity index (χ1v) is 6.68. The first-order valence-electron chi connectivity index (χ1n) is 5.89. The minimum Gasteiger partial charge on any atom is -0.345 e. The third kappa shape index (κ3) is 3.41. The molecule has 0 spiro atoms. The molecule has 4 heteroatoms. The van der Waals surface area contributed by atoms with Crippen molar-refractivity contribution >= 4 is 21.8 Å². The van der Waals surface area contributed by atoms with Crippen molar-refractivity contribution in [3.05, 3.63) is 69.9 Å². The molecule has 2 aromatic rings. The van der Waals surface area contributed by atoms with E-state index in [1.54, 1.807) is 12.1 Å². The lowest BCUT2D eigenvalue weighted by atomic mass is 10.1. The van der Waals surface area contributed by atoms with E-state index in [0.29, 0.717) is 0 Å². The highest BCUT2D eigenvalue weighted by Crippen LogP contribution is 2.18. The van der Waals surface area contributed by atoms with Gasteiger partial charge in [-0.25, -0.2) is 4.39 Å². The Kier molecular flexibility index (Phi) is 4.32. The van der Waals surface area contributed by atoms with Gasteiger partial charge >= 0.3 is 0 Å². The Morgan fingerprint density at radius 1 is 1.21 bits per heavy atom. The van der Waals surface area contributed by atoms with Crippen molar-refractivity contribution in [1.29, 1.82) is 0 Å². The van der Waals surface area contributed by atoms with E-state index in [9.17, 15) is 9.18 Å². The van der Waals surface area contributed by atoms with Gasteiger partial charge in [-0.15, -0.1) is 0 Å². The molecule has 2 aromatic carbocycles. The van der Waals surface area contributed by atoms with Crippen LogP contribution in [0.2, 0.25) is 0 Å². The first kappa shape index (κ1) is 13.7. The van der Waals surface area contributed by atoms with Crippen LogP contribution < -0.4 is 5.32 Å². The minimum absolute atomic E-state index is 0.0596. The molecular weight excluding hydrogens is 309 g/mol. The van der Waals surface area contributed by atoms with Gasteiger partial charge in [-0.3, -0.25) is 4.79 Å². The highest BCUT2D eigenvalue weighted by atomic mass is 79.9. The zero-order valence-electron chi connectivity index (χ0n) is 10.4. The number of carbonyl (C=O) groups is 1. The van der Waals surface area contributed by atoms with E-state index in [2.05, 4.69) is 21.2 Å². The Balaban J connectivity index is 2.13. The van der Waals surface area contributed by atoms with Gasteiger partial charge in [-0.05, 0) is 36.8 Å². The fraction of sp³-hybridized carbons (Fsp3) is 0.133. The summed E-state index contributed by atoms with van der Waals surface area (Å²) < 4.78 is 14.4. The molecule has 1 amide bonds. The Hall–Kier alpha value is -1.68. The lowest BCUT2D eigenvalue weighted by Gasteiger charge is -2.15. The van der Waals surface area contributed by atoms with E-state index in [1.807, 2.05) is 31.2 Å². The Labute approximate surface area is 119 Å². The standard InChI is InChI=1S/C15H13BrFNO/c1-10(11-5-4-6-12(16)9-11)18-15(19)13-7-2-3-8-14(13)17/h2-10H,1H3,(H,18,19). The number of nitrogens with one attached hydrogen (secondary N) is 1. The van der Waals surface area contributed by atoms with Gasteiger partial charge in [0.25, 0.3) is 5.91 Å². The van der Waals surface area contributed by atoms with Gasteiger partial charge in [0.1, 0.15) is 5.82 Å². The van der Waals surface area contributed by atoms with Crippen LogP contribution in [-0.2, 0) is 0 Å². The van der Waals surface area contributed by atoms with Crippen LogP contribution in [0.3, 0.4) is 0 Å². The van der Waals surface area contributed by atoms with Crippen molar-refractivity contribution in [2.75, 3.05) is 0 Å². The van der Waals surface area contributed by atoms with Gasteiger partial charge in [0.2, 0.25) is 0 Å². The first-order chi connectivity index (χ1) is 9.08. The Morgan fingerprint density at radius 3 is 2.63 bits per heavy atom. The average molecular weight is 322 g/mol. The predicted molar refractivity (Wildman–Crippen MR) is 76.4 cm³/mol. The molecule has 1 N–H and O–H groups in total. The molecule has 1 unspecified atom stereocenters. The second-order valence-corrected chi connectivity index (χ2v) is 5.15. The molecule has 0 saturated heterocycles. The van der Waals surface area contributed by atoms with E-state index in [-0.39, 0.29) is 11.6 Å². The van der Waals surface area contributed by atoms with Gasteiger partial charge in [0, 0.05) is 4.47 Å². The fourth-order valence-electron chi connectivity index (χ4n) is 1.78. The van der Waals surface area contributed by atoms with Crippen molar-refractivity contribution in [3.8, 4) is 0 Å². The molecule has 1 atom stereocenters. The second-order valence-electron chi connectivity index (χ2n) is 4.23. The maximum atomic E-state index is 13.5. The normalized spacial score (nSPS) is 11.9. The molecule has 0 aliphatic carbocycles. The van der Waals surface area contributed by atoms with Crippen LogP contribution in [0.4, 0.5) is 4.39 Å². The molecule has 0 aliphatic heterocycles. The van der Waals surface area contributed by atoms with Crippen molar-refractivity contribution in [3.63, 3.8) is 0 Å². The number of amides is 1. The number of rotatable bonds is 3. The number of hydrogen-bond acceptors (Lipinski definition) is 1. The summed E-state index contributed by atoms with van der Waals surface area (Å²) in [6, 6.07) is 13.4. The third-order valence-corrected chi connectivity index (χ3v) is 3.31. The second kappa shape index (κ2) is 5.97. The summed E-state index contributed by atoms with van der Waals surface area (Å²) in [7, 11) is 0. The van der Waals surface area contributed by atoms with Crippen LogP contribution in [0, 0.1) is 5.82 Å². The molecule has 2 nitrogen and oxygen atoms in total. The fourth-order valence-corrected chi connectivity index (χ4v) is 2.20. The molecule has 0 saturated carbocycles. The summed E-state index contributed by atoms with van der Waals surface area (Å²) in [5.74, 6) is -0.924. The SMILES string of the molecule is CC(NC(=O)c1ccccc1F)c1cccc(Br)c1. The van der Waals surface area contributed by atoms with Crippen molar-refractivity contribution in [2.24, 2.45) is 0 Å². The summed E-state index contributed by atoms with van der Waals surface area (Å²) >= 11 is 3.38. The molecule has 98 valence electrons. The molecule has 0 fully saturated rings. The smallest absolute Gasteiger partial charge is 0.254 e. The zero-order valence-corrected chi connectivity index (χ0v) is 11.9. The van der Waals surface area contributed by atoms with Gasteiger partial charge in [0.05, 0.1) is 11.6 Å². The molecule has 0 aromatic heterocycles. The summed E-state index contributed by atoms with van der Waals surface area (Å²) in [4.78, 5) is 12.0. The number of benzene rings is 2. The summed E-state index contributed by atoms with van der Waals surface area (Å²) in [6.45, 7) is 1.86. The van der Waals surface area contributed by atoms with Crippen LogP contribution in [0.25, 0.3) is 0 Å². The van der Waals surface area contributed by atoms with E-state index < -0.39 is 11.7 Å². The maximum absolute atomic E-state index is 13.5. The molecular formula is C15H13BrFNO. The summed E-state index contributed by atoms with van der Waals surface area (Å²) in [5, 5.41) is 2.78. The average Bonchev–Trinajstić information content (AvgIpc) is 2.39. The van der Waals surface area contributed by atoms with E-state index >= 15 is 0 Å². The number of halogens is 2. The van der Waals surface area contributed by atoms with Crippen LogP contribution in [-0.4, -0.2) is 5.91 Å². The highest BCUT2D eigenvalue weighted by Gasteiger charge is 2.14. The van der Waals surface area contributed by atoms with Crippen LogP contribution in [0.15, 0.2) is 53.0 Å². The van der Waals surface area contributed by atoms with Crippen molar-refractivity contribution in [1.82, 2.24) is 5.32 Å². The Bertz CT molecular complexity index is 600. The predicted octanol–water partition coefficient (Wildman–Crippen LogP) is 4.08. The molecule has 0 radical (unpaired) electrons. The van der Waals surface area contributed by atoms with E-state index in [1.165, 1.54) is 12.1 Å². The van der Waals surface area contributed by atoms with Crippen LogP contribution in [0.5, 0.6) is 0 Å². The lowest BCUT2D eigenvalue weighted by molar-refractivity contribution is 0.0936. The summed E-state index contributed by atoms with van der Waals surface area (Å²) in [6.07, 6.45) is 0.